The fraction of sp³-hybridized carbons (Fsp3) is 0.500. The molecule has 164 valence electrons. The molecule has 2 aliphatic heterocycles. The first-order valence-electron chi connectivity index (χ1n) is 9.81. The molecule has 2 amide bonds. The molecule has 2 fully saturated rings. The number of likely N-dealkylation sites (tertiary alicyclic amines) is 1. The molecule has 3 rings (SSSR count). The van der Waals surface area contributed by atoms with E-state index in [9.17, 15) is 18.0 Å². The zero-order valence-electron chi connectivity index (χ0n) is 17.0. The Bertz CT molecular complexity index is 926. The predicted octanol–water partition coefficient (Wildman–Crippen LogP) is 1.47. The van der Waals surface area contributed by atoms with Crippen molar-refractivity contribution in [3.8, 4) is 0 Å². The van der Waals surface area contributed by atoms with Gasteiger partial charge in [0, 0.05) is 30.1 Å². The Labute approximate surface area is 181 Å². The molecule has 0 bridgehead atoms. The number of rotatable bonds is 6. The van der Waals surface area contributed by atoms with E-state index in [2.05, 4.69) is 4.72 Å². The lowest BCUT2D eigenvalue weighted by atomic mass is 10.1. The summed E-state index contributed by atoms with van der Waals surface area (Å²) in [5, 5.41) is 1.67. The molecular weight excluding hydrogens is 430 g/mol. The quantitative estimate of drug-likeness (QED) is 0.700. The highest BCUT2D eigenvalue weighted by Gasteiger charge is 2.39. The first-order chi connectivity index (χ1) is 14.2. The van der Waals surface area contributed by atoms with Gasteiger partial charge in [-0.2, -0.15) is 4.72 Å². The average Bonchev–Trinajstić information content (AvgIpc) is 3.07. The Balaban J connectivity index is 1.64. The number of hydrogen-bond acceptors (Lipinski definition) is 5. The summed E-state index contributed by atoms with van der Waals surface area (Å²) in [6.45, 7) is 5.63. The number of amides is 2. The van der Waals surface area contributed by atoms with E-state index >= 15 is 0 Å². The van der Waals surface area contributed by atoms with Gasteiger partial charge in [-0.1, -0.05) is 23.7 Å². The van der Waals surface area contributed by atoms with Gasteiger partial charge in [0.15, 0.2) is 0 Å². The Morgan fingerprint density at radius 1 is 1.23 bits per heavy atom. The number of hydrogen-bond donors (Lipinski definition) is 1. The molecule has 2 saturated heterocycles. The lowest BCUT2D eigenvalue weighted by Gasteiger charge is -2.32. The van der Waals surface area contributed by atoms with Gasteiger partial charge in [-0.3, -0.25) is 9.59 Å². The molecular formula is C20H26ClN3O5S. The van der Waals surface area contributed by atoms with E-state index in [0.29, 0.717) is 55.4 Å². The molecule has 1 aromatic rings. The normalized spacial score (nSPS) is 21.8. The van der Waals surface area contributed by atoms with Crippen LogP contribution >= 0.6 is 11.6 Å². The molecule has 30 heavy (non-hydrogen) atoms. The van der Waals surface area contributed by atoms with E-state index in [-0.39, 0.29) is 11.8 Å². The van der Waals surface area contributed by atoms with Gasteiger partial charge in [0.05, 0.1) is 13.2 Å². The monoisotopic (exact) mass is 455 g/mol. The highest BCUT2D eigenvalue weighted by atomic mass is 35.5. The molecule has 1 aromatic carbocycles. The average molecular weight is 456 g/mol. The van der Waals surface area contributed by atoms with Crippen molar-refractivity contribution < 1.29 is 22.7 Å². The second-order valence-corrected chi connectivity index (χ2v) is 9.46. The minimum absolute atomic E-state index is 0.145. The minimum Gasteiger partial charge on any atom is -0.378 e. The molecule has 1 N–H and O–H groups in total. The second-order valence-electron chi connectivity index (χ2n) is 7.46. The number of nitrogens with one attached hydrogen (secondary N) is 1. The highest BCUT2D eigenvalue weighted by molar-refractivity contribution is 7.92. The highest BCUT2D eigenvalue weighted by Crippen LogP contribution is 2.20. The van der Waals surface area contributed by atoms with Gasteiger partial charge < -0.3 is 14.5 Å². The summed E-state index contributed by atoms with van der Waals surface area (Å²) in [5.41, 5.74) is 1.24. The van der Waals surface area contributed by atoms with Crippen molar-refractivity contribution in [3.63, 3.8) is 0 Å². The van der Waals surface area contributed by atoms with Crippen LogP contribution in [0.3, 0.4) is 0 Å². The van der Waals surface area contributed by atoms with Gasteiger partial charge in [-0.25, -0.2) is 8.42 Å². The summed E-state index contributed by atoms with van der Waals surface area (Å²) in [6.07, 6.45) is 0.312. The topological polar surface area (TPSA) is 96.0 Å². The van der Waals surface area contributed by atoms with Crippen molar-refractivity contribution >= 4 is 39.0 Å². The third-order valence-electron chi connectivity index (χ3n) is 5.33. The lowest BCUT2D eigenvalue weighted by molar-refractivity contribution is -0.146. The maximum atomic E-state index is 12.8. The van der Waals surface area contributed by atoms with Crippen molar-refractivity contribution in [3.05, 3.63) is 40.3 Å². The van der Waals surface area contributed by atoms with Gasteiger partial charge in [-0.05, 0) is 43.5 Å². The van der Waals surface area contributed by atoms with Crippen LogP contribution in [0.5, 0.6) is 0 Å². The predicted molar refractivity (Wildman–Crippen MR) is 114 cm³/mol. The van der Waals surface area contributed by atoms with Crippen LogP contribution in [0, 0.1) is 0 Å². The van der Waals surface area contributed by atoms with E-state index in [0.717, 1.165) is 5.41 Å². The zero-order valence-corrected chi connectivity index (χ0v) is 18.6. The smallest absolute Gasteiger partial charge is 0.245 e. The molecule has 2 aliphatic rings. The number of carbonyl (C=O) groups is 2. The van der Waals surface area contributed by atoms with Gasteiger partial charge in [0.2, 0.25) is 21.8 Å². The van der Waals surface area contributed by atoms with Gasteiger partial charge in [-0.15, -0.1) is 0 Å². The Morgan fingerprint density at radius 3 is 2.50 bits per heavy atom. The number of morpholine rings is 1. The number of halogens is 1. The van der Waals surface area contributed by atoms with Crippen LogP contribution < -0.4 is 4.72 Å². The maximum Gasteiger partial charge on any atom is 0.245 e. The summed E-state index contributed by atoms with van der Waals surface area (Å²) in [6, 6.07) is 5.29. The zero-order chi connectivity index (χ0) is 21.9. The van der Waals surface area contributed by atoms with Crippen LogP contribution in [-0.2, 0) is 24.3 Å². The number of carbonyl (C=O) groups excluding carboxylic acids is 2. The van der Waals surface area contributed by atoms with Crippen LogP contribution in [-0.4, -0.2) is 75.0 Å². The molecule has 0 unspecified atom stereocenters. The third-order valence-corrected chi connectivity index (χ3v) is 6.85. The number of nitrogens with zero attached hydrogens (tertiary/aromatic N) is 2. The minimum atomic E-state index is -3.85. The van der Waals surface area contributed by atoms with Gasteiger partial charge >= 0.3 is 0 Å². The fourth-order valence-corrected chi connectivity index (χ4v) is 5.03. The number of ether oxygens (including phenoxy) is 1. The molecule has 0 spiro atoms. The molecule has 10 heteroatoms. The fourth-order valence-electron chi connectivity index (χ4n) is 3.62. The third kappa shape index (κ3) is 5.40. The van der Waals surface area contributed by atoms with Crippen LogP contribution in [0.25, 0.3) is 5.57 Å². The summed E-state index contributed by atoms with van der Waals surface area (Å²) in [5.74, 6) is -0.529. The van der Waals surface area contributed by atoms with E-state index < -0.39 is 22.1 Å². The molecule has 0 saturated carbocycles. The molecule has 8 nitrogen and oxygen atoms in total. The Hall–Kier alpha value is -1.94. The summed E-state index contributed by atoms with van der Waals surface area (Å²) < 4.78 is 32.8. The largest absolute Gasteiger partial charge is 0.378 e. The van der Waals surface area contributed by atoms with E-state index in [1.54, 1.807) is 43.0 Å². The second kappa shape index (κ2) is 9.47. The van der Waals surface area contributed by atoms with Crippen LogP contribution in [0.4, 0.5) is 0 Å². The molecule has 2 atom stereocenters. The number of allylic oxidation sites excluding steroid dienone is 1. The molecule has 0 radical (unpaired) electrons. The Kier molecular flexibility index (Phi) is 7.18. The van der Waals surface area contributed by atoms with Crippen molar-refractivity contribution in [2.24, 2.45) is 0 Å². The van der Waals surface area contributed by atoms with Crippen molar-refractivity contribution in [2.75, 3.05) is 32.8 Å². The van der Waals surface area contributed by atoms with Gasteiger partial charge in [0.1, 0.15) is 12.1 Å². The van der Waals surface area contributed by atoms with Crippen molar-refractivity contribution in [2.45, 2.75) is 32.4 Å². The molecule has 2 heterocycles. The Morgan fingerprint density at radius 2 is 1.87 bits per heavy atom. The molecule has 0 aromatic heterocycles. The van der Waals surface area contributed by atoms with Crippen molar-refractivity contribution in [1.82, 2.24) is 14.5 Å². The van der Waals surface area contributed by atoms with E-state index in [1.165, 1.54) is 4.90 Å². The molecule has 0 aliphatic carbocycles. The van der Waals surface area contributed by atoms with Crippen molar-refractivity contribution in [1.29, 1.82) is 0 Å². The van der Waals surface area contributed by atoms with Crippen LogP contribution in [0.2, 0.25) is 5.02 Å². The maximum absolute atomic E-state index is 12.8. The van der Waals surface area contributed by atoms with E-state index in [4.69, 9.17) is 16.3 Å². The van der Waals surface area contributed by atoms with Gasteiger partial charge in [0.25, 0.3) is 0 Å². The standard InChI is InChI=1S/C20H26ClN3O5S/c1-14(16-3-5-17(21)6-4-16)13-30(27,28)22-18-7-8-24(20(18)26)15(2)19(25)23-9-11-29-12-10-23/h3-6,13,15,18,22H,7-12H2,1-2H3/b14-13+/t15-,18-/m0/s1. The first-order valence-corrected chi connectivity index (χ1v) is 11.7. The summed E-state index contributed by atoms with van der Waals surface area (Å²) in [4.78, 5) is 28.6. The SMILES string of the molecule is C/C(=C\S(=O)(=O)N[C@H]1CCN([C@@H](C)C(=O)N2CCOCC2)C1=O)c1ccc(Cl)cc1. The number of sulfonamides is 1. The van der Waals surface area contributed by atoms with E-state index in [1.807, 2.05) is 0 Å². The first kappa shape index (κ1) is 22.7. The summed E-state index contributed by atoms with van der Waals surface area (Å²) >= 11 is 5.86. The van der Waals surface area contributed by atoms with Crippen LogP contribution in [0.15, 0.2) is 29.7 Å². The lowest BCUT2D eigenvalue weighted by Crippen LogP contribution is -2.52. The van der Waals surface area contributed by atoms with Crippen LogP contribution in [0.1, 0.15) is 25.8 Å². The summed E-state index contributed by atoms with van der Waals surface area (Å²) in [7, 11) is -3.85. The number of benzene rings is 1.